The van der Waals surface area contributed by atoms with Crippen LogP contribution >= 0.6 is 0 Å². The molecule has 5 heteroatoms. The Morgan fingerprint density at radius 3 is 2.67 bits per heavy atom. The van der Waals surface area contributed by atoms with E-state index in [0.29, 0.717) is 13.2 Å². The first-order valence-electron chi connectivity index (χ1n) is 3.85. The first-order valence-corrected chi connectivity index (χ1v) is 3.85. The molecule has 5 nitrogen and oxygen atoms in total. The summed E-state index contributed by atoms with van der Waals surface area (Å²) >= 11 is 0. The first-order chi connectivity index (χ1) is 5.70. The Hall–Kier alpha value is -1.10. The lowest BCUT2D eigenvalue weighted by Gasteiger charge is -2.25. The lowest BCUT2D eigenvalue weighted by Crippen LogP contribution is -2.36. The fraction of sp³-hybridized carbons (Fsp3) is 0.714. The summed E-state index contributed by atoms with van der Waals surface area (Å²) in [5.41, 5.74) is 0. The van der Waals surface area contributed by atoms with Crippen LogP contribution in [0.3, 0.4) is 0 Å². The van der Waals surface area contributed by atoms with Crippen molar-refractivity contribution in [3.05, 3.63) is 0 Å². The number of carbonyl (C=O) groups excluding carboxylic acids is 1. The number of hydroxylamine groups is 2. The van der Waals surface area contributed by atoms with Crippen LogP contribution in [0.15, 0.2) is 0 Å². The van der Waals surface area contributed by atoms with Gasteiger partial charge in [-0.3, -0.25) is 14.4 Å². The van der Waals surface area contributed by atoms with E-state index < -0.39 is 18.3 Å². The number of carboxylic acids is 1. The molecule has 1 N–H and O–H groups in total. The number of rotatable bonds is 2. The minimum atomic E-state index is -1.12. The molecule has 0 aromatic carbocycles. The van der Waals surface area contributed by atoms with E-state index in [1.165, 1.54) is 0 Å². The van der Waals surface area contributed by atoms with Gasteiger partial charge in [-0.05, 0) is 12.8 Å². The molecule has 1 amide bonds. The summed E-state index contributed by atoms with van der Waals surface area (Å²) in [5, 5.41) is 9.45. The van der Waals surface area contributed by atoms with Gasteiger partial charge in [0.25, 0.3) is 5.91 Å². The predicted molar refractivity (Wildman–Crippen MR) is 39.2 cm³/mol. The highest BCUT2D eigenvalue weighted by Crippen LogP contribution is 2.06. The van der Waals surface area contributed by atoms with Crippen LogP contribution in [0.2, 0.25) is 0 Å². The third kappa shape index (κ3) is 2.50. The fourth-order valence-corrected chi connectivity index (χ4v) is 1.01. The second kappa shape index (κ2) is 4.06. The van der Waals surface area contributed by atoms with Gasteiger partial charge >= 0.3 is 5.97 Å². The van der Waals surface area contributed by atoms with E-state index in [1.54, 1.807) is 0 Å². The van der Waals surface area contributed by atoms with Crippen LogP contribution in [0.25, 0.3) is 0 Å². The Labute approximate surface area is 69.9 Å². The van der Waals surface area contributed by atoms with Gasteiger partial charge in [0.2, 0.25) is 0 Å². The van der Waals surface area contributed by atoms with E-state index in [9.17, 15) is 9.59 Å². The molecule has 1 aliphatic rings. The lowest BCUT2D eigenvalue weighted by molar-refractivity contribution is -0.198. The Morgan fingerprint density at radius 2 is 2.17 bits per heavy atom. The van der Waals surface area contributed by atoms with E-state index in [2.05, 4.69) is 0 Å². The van der Waals surface area contributed by atoms with E-state index in [-0.39, 0.29) is 0 Å². The Bertz CT molecular complexity index is 186. The zero-order chi connectivity index (χ0) is 8.97. The van der Waals surface area contributed by atoms with Crippen LogP contribution in [0.4, 0.5) is 0 Å². The predicted octanol–water partition coefficient (Wildman–Crippen LogP) is 0.0151. The molecule has 0 atom stereocenters. The van der Waals surface area contributed by atoms with E-state index in [4.69, 9.17) is 9.94 Å². The maximum atomic E-state index is 11.0. The molecule has 68 valence electrons. The molecule has 0 spiro atoms. The molecular weight excluding hydrogens is 162 g/mol. The van der Waals surface area contributed by atoms with Crippen molar-refractivity contribution in [2.24, 2.45) is 0 Å². The quantitative estimate of drug-likeness (QED) is 0.597. The highest BCUT2D eigenvalue weighted by Gasteiger charge is 2.19. The maximum Gasteiger partial charge on any atom is 0.312 e. The second-order valence-corrected chi connectivity index (χ2v) is 2.61. The molecule has 0 radical (unpaired) electrons. The van der Waals surface area contributed by atoms with Gasteiger partial charge in [-0.2, -0.15) is 0 Å². The van der Waals surface area contributed by atoms with E-state index in [1.807, 2.05) is 0 Å². The minimum absolute atomic E-state index is 0.470. The van der Waals surface area contributed by atoms with Crippen molar-refractivity contribution in [1.82, 2.24) is 5.06 Å². The van der Waals surface area contributed by atoms with Crippen LogP contribution < -0.4 is 0 Å². The number of aliphatic carboxylic acids is 1. The summed E-state index contributed by atoms with van der Waals surface area (Å²) in [6.45, 7) is 1.01. The van der Waals surface area contributed by atoms with E-state index in [0.717, 1.165) is 17.9 Å². The number of hydrogen-bond donors (Lipinski definition) is 1. The molecule has 0 saturated carbocycles. The number of hydrogen-bond acceptors (Lipinski definition) is 3. The smallest absolute Gasteiger partial charge is 0.312 e. The van der Waals surface area contributed by atoms with Gasteiger partial charge in [0.15, 0.2) is 0 Å². The van der Waals surface area contributed by atoms with Crippen LogP contribution in [0.5, 0.6) is 0 Å². The van der Waals surface area contributed by atoms with Gasteiger partial charge in [0.05, 0.1) is 6.61 Å². The summed E-state index contributed by atoms with van der Waals surface area (Å²) in [6.07, 6.45) is 1.32. The molecule has 0 aliphatic carbocycles. The molecule has 1 aliphatic heterocycles. The molecule has 1 fully saturated rings. The fourth-order valence-electron chi connectivity index (χ4n) is 1.01. The van der Waals surface area contributed by atoms with Crippen molar-refractivity contribution in [1.29, 1.82) is 0 Å². The van der Waals surface area contributed by atoms with Gasteiger partial charge in [0, 0.05) is 6.54 Å². The summed E-state index contributed by atoms with van der Waals surface area (Å²) in [5.74, 6) is -1.59. The summed E-state index contributed by atoms with van der Waals surface area (Å²) < 4.78 is 0. The van der Waals surface area contributed by atoms with Crippen LogP contribution in [0.1, 0.15) is 19.3 Å². The summed E-state index contributed by atoms with van der Waals surface area (Å²) in [7, 11) is 0. The Morgan fingerprint density at radius 1 is 1.42 bits per heavy atom. The molecule has 12 heavy (non-hydrogen) atoms. The molecule has 0 unspecified atom stereocenters. The van der Waals surface area contributed by atoms with Gasteiger partial charge in [0.1, 0.15) is 6.42 Å². The van der Waals surface area contributed by atoms with Crippen molar-refractivity contribution in [2.75, 3.05) is 13.2 Å². The van der Waals surface area contributed by atoms with Crippen LogP contribution in [-0.4, -0.2) is 35.2 Å². The van der Waals surface area contributed by atoms with Crippen LogP contribution in [0, 0.1) is 0 Å². The Kier molecular flexibility index (Phi) is 3.04. The highest BCUT2D eigenvalue weighted by atomic mass is 16.7. The van der Waals surface area contributed by atoms with E-state index >= 15 is 0 Å². The average Bonchev–Trinajstić information content (AvgIpc) is 2.05. The van der Waals surface area contributed by atoms with Crippen molar-refractivity contribution in [2.45, 2.75) is 19.3 Å². The van der Waals surface area contributed by atoms with Crippen molar-refractivity contribution in [3.8, 4) is 0 Å². The SMILES string of the molecule is O=C(O)CC(=O)N1CCCCO1. The number of carboxylic acid groups (broad SMARTS) is 1. The summed E-state index contributed by atoms with van der Waals surface area (Å²) in [4.78, 5) is 26.1. The zero-order valence-corrected chi connectivity index (χ0v) is 6.65. The molecule has 1 heterocycles. The van der Waals surface area contributed by atoms with Crippen LogP contribution in [-0.2, 0) is 14.4 Å². The van der Waals surface area contributed by atoms with Gasteiger partial charge in [-0.15, -0.1) is 0 Å². The third-order valence-corrected chi connectivity index (χ3v) is 1.58. The first kappa shape index (κ1) is 8.99. The molecule has 0 aromatic heterocycles. The summed E-state index contributed by atoms with van der Waals surface area (Å²) in [6, 6.07) is 0. The average molecular weight is 173 g/mol. The monoisotopic (exact) mass is 173 g/mol. The molecule has 0 aromatic rings. The number of amides is 1. The largest absolute Gasteiger partial charge is 0.481 e. The third-order valence-electron chi connectivity index (χ3n) is 1.58. The lowest BCUT2D eigenvalue weighted by atomic mass is 10.3. The van der Waals surface area contributed by atoms with Crippen molar-refractivity contribution < 1.29 is 19.5 Å². The molecular formula is C7H11NO4. The standard InChI is InChI=1S/C7H11NO4/c9-6(5-7(10)11)8-3-1-2-4-12-8/h1-5H2,(H,10,11). The van der Waals surface area contributed by atoms with Crippen molar-refractivity contribution in [3.63, 3.8) is 0 Å². The minimum Gasteiger partial charge on any atom is -0.481 e. The Balaban J connectivity index is 2.34. The maximum absolute atomic E-state index is 11.0. The zero-order valence-electron chi connectivity index (χ0n) is 6.65. The molecule has 0 bridgehead atoms. The number of carbonyl (C=O) groups is 2. The number of nitrogens with zero attached hydrogens (tertiary/aromatic N) is 1. The normalized spacial score (nSPS) is 17.5. The highest BCUT2D eigenvalue weighted by molar-refractivity contribution is 5.92. The topological polar surface area (TPSA) is 66.8 Å². The van der Waals surface area contributed by atoms with Gasteiger partial charge < -0.3 is 5.11 Å². The molecule has 1 rings (SSSR count). The second-order valence-electron chi connectivity index (χ2n) is 2.61. The van der Waals surface area contributed by atoms with Crippen molar-refractivity contribution >= 4 is 11.9 Å². The molecule has 1 saturated heterocycles. The van der Waals surface area contributed by atoms with Gasteiger partial charge in [-0.25, -0.2) is 5.06 Å². The van der Waals surface area contributed by atoms with Gasteiger partial charge in [-0.1, -0.05) is 0 Å².